The minimum absolute atomic E-state index is 0.103. The Balaban J connectivity index is 1.94. The van der Waals surface area contributed by atoms with Crippen LogP contribution >= 0.6 is 0 Å². The predicted octanol–water partition coefficient (Wildman–Crippen LogP) is 3.08. The molecule has 0 saturated carbocycles. The molecule has 0 unspecified atom stereocenters. The third kappa shape index (κ3) is 2.75. The summed E-state index contributed by atoms with van der Waals surface area (Å²) in [7, 11) is 0. The fraction of sp³-hybridized carbons (Fsp3) is 0.238. The Morgan fingerprint density at radius 1 is 1.21 bits per heavy atom. The van der Waals surface area contributed by atoms with Gasteiger partial charge in [0.2, 0.25) is 0 Å². The molecule has 4 rings (SSSR count). The van der Waals surface area contributed by atoms with Gasteiger partial charge >= 0.3 is 0 Å². The van der Waals surface area contributed by atoms with Crippen molar-refractivity contribution in [2.75, 3.05) is 13.2 Å². The van der Waals surface area contributed by atoms with Gasteiger partial charge in [-0.05, 0) is 48.7 Å². The van der Waals surface area contributed by atoms with Gasteiger partial charge in [-0.2, -0.15) is 5.10 Å². The second-order valence-electron chi connectivity index (χ2n) is 7.02. The smallest absolute Gasteiger partial charge is 0.273 e. The van der Waals surface area contributed by atoms with Crippen molar-refractivity contribution in [1.82, 2.24) is 15.1 Å². The van der Waals surface area contributed by atoms with Crippen LogP contribution in [0, 0.1) is 19.7 Å². The lowest BCUT2D eigenvalue weighted by molar-refractivity contribution is 0.0706. The maximum atomic E-state index is 13.4. The average molecular weight is 381 g/mol. The molecule has 2 heterocycles. The summed E-state index contributed by atoms with van der Waals surface area (Å²) in [5, 5.41) is 27.2. The molecule has 3 N–H and O–H groups in total. The fourth-order valence-corrected chi connectivity index (χ4v) is 3.87. The highest BCUT2D eigenvalue weighted by atomic mass is 19.1. The maximum Gasteiger partial charge on any atom is 0.273 e. The summed E-state index contributed by atoms with van der Waals surface area (Å²) < 4.78 is 13.4. The van der Waals surface area contributed by atoms with Crippen LogP contribution in [0.3, 0.4) is 0 Å². The Bertz CT molecular complexity index is 1060. The minimum Gasteiger partial charge on any atom is -0.507 e. The average Bonchev–Trinajstić information content (AvgIpc) is 3.19. The molecule has 28 heavy (non-hydrogen) atoms. The van der Waals surface area contributed by atoms with E-state index in [0.717, 1.165) is 5.56 Å². The third-order valence-corrected chi connectivity index (χ3v) is 5.09. The lowest BCUT2D eigenvalue weighted by Crippen LogP contribution is -2.32. The van der Waals surface area contributed by atoms with E-state index in [-0.39, 0.29) is 30.6 Å². The number of aromatic nitrogens is 2. The summed E-state index contributed by atoms with van der Waals surface area (Å²) in [5.74, 6) is -0.562. The van der Waals surface area contributed by atoms with Crippen LogP contribution in [0.25, 0.3) is 11.3 Å². The van der Waals surface area contributed by atoms with Crippen molar-refractivity contribution in [2.24, 2.45) is 0 Å². The Morgan fingerprint density at radius 3 is 2.61 bits per heavy atom. The topological polar surface area (TPSA) is 89.5 Å². The largest absolute Gasteiger partial charge is 0.507 e. The van der Waals surface area contributed by atoms with Gasteiger partial charge < -0.3 is 15.1 Å². The van der Waals surface area contributed by atoms with Crippen LogP contribution in [0.2, 0.25) is 0 Å². The van der Waals surface area contributed by atoms with E-state index < -0.39 is 6.04 Å². The molecule has 7 heteroatoms. The van der Waals surface area contributed by atoms with Crippen molar-refractivity contribution in [3.8, 4) is 17.0 Å². The molecule has 144 valence electrons. The van der Waals surface area contributed by atoms with Crippen LogP contribution in [0.4, 0.5) is 4.39 Å². The molecule has 1 aliphatic heterocycles. The SMILES string of the molecule is Cc1cc(C)c(O)c(-c2n[nH]c3c2[C@H](c2ccc(F)cc2)N(CCO)C3=O)c1. The number of carbonyl (C=O) groups excluding carboxylic acids is 1. The quantitative estimate of drug-likeness (QED) is 0.648. The highest BCUT2D eigenvalue weighted by Gasteiger charge is 2.42. The van der Waals surface area contributed by atoms with Crippen LogP contribution in [-0.4, -0.2) is 44.4 Å². The van der Waals surface area contributed by atoms with E-state index in [2.05, 4.69) is 10.2 Å². The number of nitrogens with zero attached hydrogens (tertiary/aromatic N) is 2. The maximum absolute atomic E-state index is 13.4. The second kappa shape index (κ2) is 6.76. The number of aryl methyl sites for hydroxylation is 2. The zero-order valence-corrected chi connectivity index (χ0v) is 15.5. The van der Waals surface area contributed by atoms with Crippen molar-refractivity contribution in [3.63, 3.8) is 0 Å². The molecule has 0 aliphatic carbocycles. The molecular formula is C21H20FN3O3. The summed E-state index contributed by atoms with van der Waals surface area (Å²) in [4.78, 5) is 14.4. The Hall–Kier alpha value is -3.19. The number of aliphatic hydroxyl groups is 1. The van der Waals surface area contributed by atoms with Crippen LogP contribution in [0.1, 0.15) is 38.8 Å². The lowest BCUT2D eigenvalue weighted by atomic mass is 9.94. The van der Waals surface area contributed by atoms with E-state index in [1.54, 1.807) is 19.1 Å². The standard InChI is InChI=1S/C21H20FN3O3/c1-11-9-12(2)20(27)15(10-11)17-16-18(24-23-17)21(28)25(7-8-26)19(16)13-3-5-14(22)6-4-13/h3-6,9-10,19,26-27H,7-8H2,1-2H3,(H,23,24)/t19-/m0/s1. The van der Waals surface area contributed by atoms with Crippen molar-refractivity contribution in [1.29, 1.82) is 0 Å². The first-order valence-corrected chi connectivity index (χ1v) is 8.98. The van der Waals surface area contributed by atoms with Crippen LogP contribution in [0.15, 0.2) is 36.4 Å². The molecule has 0 bridgehead atoms. The fourth-order valence-electron chi connectivity index (χ4n) is 3.87. The summed E-state index contributed by atoms with van der Waals surface area (Å²) in [5.41, 5.74) is 4.30. The van der Waals surface area contributed by atoms with Gasteiger partial charge in [0.25, 0.3) is 5.91 Å². The summed E-state index contributed by atoms with van der Waals surface area (Å²) in [6.45, 7) is 3.65. The van der Waals surface area contributed by atoms with Gasteiger partial charge in [0.15, 0.2) is 0 Å². The molecule has 0 radical (unpaired) electrons. The first kappa shape index (κ1) is 18.2. The number of halogens is 1. The number of aliphatic hydroxyl groups excluding tert-OH is 1. The van der Waals surface area contributed by atoms with Gasteiger partial charge in [-0.3, -0.25) is 9.89 Å². The summed E-state index contributed by atoms with van der Waals surface area (Å²) in [6, 6.07) is 9.05. The molecular weight excluding hydrogens is 361 g/mol. The highest BCUT2D eigenvalue weighted by molar-refractivity contribution is 6.00. The molecule has 1 aliphatic rings. The first-order chi connectivity index (χ1) is 13.4. The van der Waals surface area contributed by atoms with Gasteiger partial charge in [0.05, 0.1) is 12.6 Å². The van der Waals surface area contributed by atoms with E-state index >= 15 is 0 Å². The number of amides is 1. The lowest BCUT2D eigenvalue weighted by Gasteiger charge is -2.25. The molecule has 1 aromatic heterocycles. The number of aromatic hydroxyl groups is 1. The number of phenolic OH excluding ortho intramolecular Hbond substituents is 1. The predicted molar refractivity (Wildman–Crippen MR) is 102 cm³/mol. The number of phenols is 1. The molecule has 1 amide bonds. The molecule has 3 aromatic rings. The van der Waals surface area contributed by atoms with Gasteiger partial charge in [0.1, 0.15) is 23.0 Å². The van der Waals surface area contributed by atoms with Crippen LogP contribution < -0.4 is 0 Å². The number of hydrogen-bond acceptors (Lipinski definition) is 4. The second-order valence-corrected chi connectivity index (χ2v) is 7.02. The molecule has 6 nitrogen and oxygen atoms in total. The first-order valence-electron chi connectivity index (χ1n) is 8.98. The van der Waals surface area contributed by atoms with E-state index in [1.165, 1.54) is 17.0 Å². The number of β-amino-alcohol motifs (C(OH)–C–C–N with tert-alkyl or cyclic N) is 1. The number of H-pyrrole nitrogens is 1. The van der Waals surface area contributed by atoms with Crippen molar-refractivity contribution in [2.45, 2.75) is 19.9 Å². The number of nitrogens with one attached hydrogen (secondary N) is 1. The van der Waals surface area contributed by atoms with Crippen LogP contribution in [-0.2, 0) is 0 Å². The normalized spacial score (nSPS) is 15.9. The molecule has 2 aromatic carbocycles. The number of aromatic amines is 1. The van der Waals surface area contributed by atoms with Gasteiger partial charge in [-0.1, -0.05) is 18.2 Å². The minimum atomic E-state index is -0.538. The van der Waals surface area contributed by atoms with Gasteiger partial charge in [-0.15, -0.1) is 0 Å². The van der Waals surface area contributed by atoms with E-state index in [9.17, 15) is 19.4 Å². The zero-order chi connectivity index (χ0) is 20.0. The van der Waals surface area contributed by atoms with Gasteiger partial charge in [0, 0.05) is 17.7 Å². The summed E-state index contributed by atoms with van der Waals surface area (Å²) >= 11 is 0. The number of fused-ring (bicyclic) bond motifs is 1. The van der Waals surface area contributed by atoms with Crippen molar-refractivity contribution in [3.05, 3.63) is 70.2 Å². The van der Waals surface area contributed by atoms with Crippen LogP contribution in [0.5, 0.6) is 5.75 Å². The number of carbonyl (C=O) groups is 1. The highest BCUT2D eigenvalue weighted by Crippen LogP contribution is 2.45. The zero-order valence-electron chi connectivity index (χ0n) is 15.5. The Morgan fingerprint density at radius 2 is 1.93 bits per heavy atom. The Kier molecular flexibility index (Phi) is 4.39. The van der Waals surface area contributed by atoms with E-state index in [4.69, 9.17) is 0 Å². The van der Waals surface area contributed by atoms with E-state index in [0.29, 0.717) is 33.6 Å². The molecule has 0 fully saturated rings. The molecule has 0 spiro atoms. The number of benzene rings is 2. The monoisotopic (exact) mass is 381 g/mol. The van der Waals surface area contributed by atoms with Gasteiger partial charge in [-0.25, -0.2) is 4.39 Å². The molecule has 1 atom stereocenters. The number of hydrogen-bond donors (Lipinski definition) is 3. The summed E-state index contributed by atoms with van der Waals surface area (Å²) in [6.07, 6.45) is 0. The van der Waals surface area contributed by atoms with Crippen molar-refractivity contribution < 1.29 is 19.4 Å². The molecule has 0 saturated heterocycles. The third-order valence-electron chi connectivity index (χ3n) is 5.09. The number of rotatable bonds is 4. The van der Waals surface area contributed by atoms with Crippen molar-refractivity contribution >= 4 is 5.91 Å². The van der Waals surface area contributed by atoms with E-state index in [1.807, 2.05) is 19.1 Å². The Labute approximate surface area is 161 Å².